The minimum atomic E-state index is 0.136. The molecule has 2 aromatic rings. The Kier molecular flexibility index (Phi) is 3.12. The molecule has 4 nitrogen and oxygen atoms in total. The van der Waals surface area contributed by atoms with Gasteiger partial charge < -0.3 is 0 Å². The summed E-state index contributed by atoms with van der Waals surface area (Å²) in [5.41, 5.74) is 3.36. The van der Waals surface area contributed by atoms with Gasteiger partial charge in [-0.2, -0.15) is 5.10 Å². The van der Waals surface area contributed by atoms with Gasteiger partial charge >= 0.3 is 0 Å². The molecule has 2 heterocycles. The first-order chi connectivity index (χ1) is 7.58. The number of nitrogens with one attached hydrogen (secondary N) is 1. The quantitative estimate of drug-likeness (QED) is 0.510. The number of H-pyrrole nitrogens is 1. The molecule has 16 heavy (non-hydrogen) atoms. The van der Waals surface area contributed by atoms with E-state index in [9.17, 15) is 0 Å². The second-order valence-electron chi connectivity index (χ2n) is 3.67. The molecule has 0 aliphatic rings. The van der Waals surface area contributed by atoms with Crippen LogP contribution in [0.5, 0.6) is 0 Å². The second kappa shape index (κ2) is 4.39. The first kappa shape index (κ1) is 11.4. The number of hydrogen-bond acceptors (Lipinski definition) is 3. The molecular weight excluding hydrogens is 247 g/mol. The topological polar surface area (TPSA) is 54.5 Å². The Labute approximate surface area is 103 Å². The third-order valence-corrected chi connectivity index (χ3v) is 2.55. The van der Waals surface area contributed by atoms with Gasteiger partial charge in [0.15, 0.2) is 5.15 Å². The molecule has 0 bridgehead atoms. The molecule has 0 aliphatic carbocycles. The molecule has 0 saturated heterocycles. The van der Waals surface area contributed by atoms with Crippen LogP contribution in [0.2, 0.25) is 10.4 Å². The highest BCUT2D eigenvalue weighted by Gasteiger charge is 2.11. The monoisotopic (exact) mass is 256 g/mol. The summed E-state index contributed by atoms with van der Waals surface area (Å²) in [5, 5.41) is 7.37. The standard InChI is InChI=1S/C10H10Cl2N4/c1-5(2)3-4-6-7-8(16-15-6)9(11)14-10(12)13-7/h3H,4H2,1-2H3,(H,15,16). The van der Waals surface area contributed by atoms with Crippen LogP contribution in [0.25, 0.3) is 11.0 Å². The van der Waals surface area contributed by atoms with E-state index in [4.69, 9.17) is 23.2 Å². The van der Waals surface area contributed by atoms with Crippen LogP contribution in [0.15, 0.2) is 11.6 Å². The van der Waals surface area contributed by atoms with E-state index in [0.717, 1.165) is 12.1 Å². The summed E-state index contributed by atoms with van der Waals surface area (Å²) < 4.78 is 0. The molecule has 84 valence electrons. The second-order valence-corrected chi connectivity index (χ2v) is 4.36. The van der Waals surface area contributed by atoms with Gasteiger partial charge in [-0.15, -0.1) is 0 Å². The van der Waals surface area contributed by atoms with E-state index in [2.05, 4.69) is 26.2 Å². The maximum atomic E-state index is 5.90. The molecule has 0 amide bonds. The summed E-state index contributed by atoms with van der Waals surface area (Å²) in [6, 6.07) is 0. The minimum Gasteiger partial charge on any atom is -0.279 e. The number of hydrogen-bond donors (Lipinski definition) is 1. The number of nitrogens with zero attached hydrogens (tertiary/aromatic N) is 3. The lowest BCUT2D eigenvalue weighted by Gasteiger charge is -1.95. The summed E-state index contributed by atoms with van der Waals surface area (Å²) in [4.78, 5) is 7.95. The molecule has 0 spiro atoms. The molecule has 2 aromatic heterocycles. The van der Waals surface area contributed by atoms with Gasteiger partial charge in [-0.1, -0.05) is 23.3 Å². The van der Waals surface area contributed by atoms with Crippen LogP contribution in [0.4, 0.5) is 0 Å². The zero-order valence-electron chi connectivity index (χ0n) is 8.88. The van der Waals surface area contributed by atoms with Crippen LogP contribution < -0.4 is 0 Å². The maximum absolute atomic E-state index is 5.90. The molecule has 2 rings (SSSR count). The number of allylic oxidation sites excluding steroid dienone is 2. The molecule has 0 aromatic carbocycles. The van der Waals surface area contributed by atoms with Gasteiger partial charge in [0.2, 0.25) is 5.28 Å². The highest BCUT2D eigenvalue weighted by Crippen LogP contribution is 2.22. The Morgan fingerprint density at radius 3 is 2.69 bits per heavy atom. The Bertz CT molecular complexity index is 555. The zero-order valence-corrected chi connectivity index (χ0v) is 10.4. The minimum absolute atomic E-state index is 0.136. The van der Waals surface area contributed by atoms with E-state index in [1.165, 1.54) is 5.57 Å². The molecule has 6 heteroatoms. The number of aromatic amines is 1. The third kappa shape index (κ3) is 2.18. The average molecular weight is 257 g/mol. The molecule has 1 N–H and O–H groups in total. The smallest absolute Gasteiger partial charge is 0.224 e. The summed E-state index contributed by atoms with van der Waals surface area (Å²) in [6.07, 6.45) is 2.80. The van der Waals surface area contributed by atoms with Gasteiger partial charge in [0.05, 0.1) is 5.69 Å². The Morgan fingerprint density at radius 2 is 2.00 bits per heavy atom. The molecule has 0 radical (unpaired) electrons. The van der Waals surface area contributed by atoms with Crippen LogP contribution >= 0.6 is 23.2 Å². The Hall–Kier alpha value is -1.13. The summed E-state index contributed by atoms with van der Waals surface area (Å²) in [7, 11) is 0. The lowest BCUT2D eigenvalue weighted by atomic mass is 10.2. The van der Waals surface area contributed by atoms with E-state index < -0.39 is 0 Å². The van der Waals surface area contributed by atoms with E-state index in [1.54, 1.807) is 0 Å². The summed E-state index contributed by atoms with van der Waals surface area (Å²) >= 11 is 11.7. The lowest BCUT2D eigenvalue weighted by molar-refractivity contribution is 1.02. The fourth-order valence-corrected chi connectivity index (χ4v) is 1.76. The largest absolute Gasteiger partial charge is 0.279 e. The fourth-order valence-electron chi connectivity index (χ4n) is 1.34. The average Bonchev–Trinajstić information content (AvgIpc) is 2.58. The summed E-state index contributed by atoms with van der Waals surface area (Å²) in [6.45, 7) is 4.07. The van der Waals surface area contributed by atoms with Crippen LogP contribution in [0.1, 0.15) is 19.5 Å². The number of aromatic nitrogens is 4. The molecule has 0 unspecified atom stereocenters. The first-order valence-electron chi connectivity index (χ1n) is 4.77. The molecular formula is C10H10Cl2N4. The van der Waals surface area contributed by atoms with E-state index in [0.29, 0.717) is 11.0 Å². The fraction of sp³-hybridized carbons (Fsp3) is 0.300. The van der Waals surface area contributed by atoms with Gasteiger partial charge in [0, 0.05) is 6.42 Å². The van der Waals surface area contributed by atoms with Crippen molar-refractivity contribution in [1.29, 1.82) is 0 Å². The van der Waals surface area contributed by atoms with Crippen LogP contribution in [0.3, 0.4) is 0 Å². The van der Waals surface area contributed by atoms with Crippen molar-refractivity contribution in [3.05, 3.63) is 27.8 Å². The van der Waals surface area contributed by atoms with Crippen molar-refractivity contribution in [3.63, 3.8) is 0 Å². The van der Waals surface area contributed by atoms with Crippen molar-refractivity contribution in [2.24, 2.45) is 0 Å². The molecule has 0 aliphatic heterocycles. The predicted molar refractivity (Wildman–Crippen MR) is 64.8 cm³/mol. The van der Waals surface area contributed by atoms with Gasteiger partial charge in [-0.3, -0.25) is 5.10 Å². The highest BCUT2D eigenvalue weighted by molar-refractivity contribution is 6.35. The molecule has 0 fully saturated rings. The molecule has 0 saturated carbocycles. The number of halogens is 2. The van der Waals surface area contributed by atoms with E-state index >= 15 is 0 Å². The van der Waals surface area contributed by atoms with Crippen molar-refractivity contribution >= 4 is 34.2 Å². The Balaban J connectivity index is 2.51. The van der Waals surface area contributed by atoms with E-state index in [-0.39, 0.29) is 10.4 Å². The van der Waals surface area contributed by atoms with Crippen molar-refractivity contribution < 1.29 is 0 Å². The van der Waals surface area contributed by atoms with Gasteiger partial charge in [-0.25, -0.2) is 9.97 Å². The zero-order chi connectivity index (χ0) is 11.7. The van der Waals surface area contributed by atoms with Crippen molar-refractivity contribution in [1.82, 2.24) is 20.2 Å². The van der Waals surface area contributed by atoms with E-state index in [1.807, 2.05) is 13.8 Å². The first-order valence-corrected chi connectivity index (χ1v) is 5.53. The van der Waals surface area contributed by atoms with Crippen LogP contribution in [-0.2, 0) is 6.42 Å². The van der Waals surface area contributed by atoms with Crippen molar-refractivity contribution in [3.8, 4) is 0 Å². The Morgan fingerprint density at radius 1 is 1.25 bits per heavy atom. The number of rotatable bonds is 2. The predicted octanol–water partition coefficient (Wildman–Crippen LogP) is 3.17. The summed E-state index contributed by atoms with van der Waals surface area (Å²) in [5.74, 6) is 0. The van der Waals surface area contributed by atoms with Gasteiger partial charge in [-0.05, 0) is 25.4 Å². The molecule has 0 atom stereocenters. The SMILES string of the molecule is CC(C)=CCc1[nH]nc2c(Cl)nc(Cl)nc12. The lowest BCUT2D eigenvalue weighted by Crippen LogP contribution is -1.88. The normalized spacial score (nSPS) is 10.8. The van der Waals surface area contributed by atoms with Crippen LogP contribution in [-0.4, -0.2) is 20.2 Å². The van der Waals surface area contributed by atoms with Crippen LogP contribution in [0, 0.1) is 0 Å². The van der Waals surface area contributed by atoms with Crippen molar-refractivity contribution in [2.75, 3.05) is 0 Å². The highest BCUT2D eigenvalue weighted by atomic mass is 35.5. The van der Waals surface area contributed by atoms with Gasteiger partial charge in [0.1, 0.15) is 11.0 Å². The third-order valence-electron chi connectivity index (χ3n) is 2.12. The maximum Gasteiger partial charge on any atom is 0.224 e. The van der Waals surface area contributed by atoms with Gasteiger partial charge in [0.25, 0.3) is 0 Å². The number of fused-ring (bicyclic) bond motifs is 1. The van der Waals surface area contributed by atoms with Crippen molar-refractivity contribution in [2.45, 2.75) is 20.3 Å².